The number of nitrogens with zero attached hydrogens (tertiary/aromatic N) is 4. The summed E-state index contributed by atoms with van der Waals surface area (Å²) in [5.41, 5.74) is 2.47. The molecule has 0 N–H and O–H groups in total. The summed E-state index contributed by atoms with van der Waals surface area (Å²) in [6.45, 7) is 5.40. The number of benzene rings is 2. The van der Waals surface area contributed by atoms with Crippen LogP contribution in [0.25, 0.3) is 0 Å². The van der Waals surface area contributed by atoms with Gasteiger partial charge in [0.1, 0.15) is 11.5 Å². The number of esters is 2. The zero-order valence-electron chi connectivity index (χ0n) is 18.7. The lowest BCUT2D eigenvalue weighted by atomic mass is 9.93. The third kappa shape index (κ3) is 3.86. The van der Waals surface area contributed by atoms with Crippen LogP contribution in [0.15, 0.2) is 69.9 Å². The molecule has 0 aromatic heterocycles. The highest BCUT2D eigenvalue weighted by atomic mass is 19.1. The fourth-order valence-electron chi connectivity index (χ4n) is 3.81. The van der Waals surface area contributed by atoms with Gasteiger partial charge in [-0.3, -0.25) is 4.90 Å². The third-order valence-electron chi connectivity index (χ3n) is 5.35. The number of guanidine groups is 1. The number of ether oxygens (including phenoxy) is 2. The second-order valence-electron chi connectivity index (χ2n) is 7.49. The molecule has 1 atom stereocenters. The Balaban J connectivity index is 1.96. The van der Waals surface area contributed by atoms with Crippen molar-refractivity contribution in [2.75, 3.05) is 18.7 Å². The molecule has 0 aliphatic carbocycles. The van der Waals surface area contributed by atoms with Crippen LogP contribution < -0.4 is 5.01 Å². The number of aliphatic imine (C=N–C) groups is 1. The van der Waals surface area contributed by atoms with E-state index in [0.29, 0.717) is 11.3 Å². The van der Waals surface area contributed by atoms with Gasteiger partial charge in [-0.2, -0.15) is 5.01 Å². The van der Waals surface area contributed by atoms with Crippen molar-refractivity contribution in [1.29, 1.82) is 0 Å². The number of hydrogen-bond acceptors (Lipinski definition) is 8. The summed E-state index contributed by atoms with van der Waals surface area (Å²) in [6, 6.07) is 12.8. The zero-order chi connectivity index (χ0) is 23.7. The van der Waals surface area contributed by atoms with Crippen LogP contribution in [0.1, 0.15) is 31.0 Å². The molecule has 0 amide bonds. The van der Waals surface area contributed by atoms with Gasteiger partial charge < -0.3 is 9.47 Å². The molecule has 0 saturated carbocycles. The SMILES string of the molecule is CCOC(=O)C1=NN(c2ccccc2F)C2=NC(C)=C(C(=O)OC)[C@H](c3ccc(C)cc3)N12. The molecule has 170 valence electrons. The van der Waals surface area contributed by atoms with Crippen molar-refractivity contribution < 1.29 is 23.5 Å². The molecule has 2 aliphatic heterocycles. The lowest BCUT2D eigenvalue weighted by molar-refractivity contribution is -0.138. The van der Waals surface area contributed by atoms with Crippen LogP contribution in [0.5, 0.6) is 0 Å². The Kier molecular flexibility index (Phi) is 5.95. The van der Waals surface area contributed by atoms with Crippen LogP contribution in [-0.2, 0) is 19.1 Å². The standard InChI is InChI=1S/C24H23FN4O4/c1-5-33-23(31)21-27-29(18-9-7-6-8-17(18)25)24-26-15(3)19(22(30)32-4)20(28(21)24)16-12-10-14(2)11-13-16/h6-13,20H,5H2,1-4H3/t20-/m0/s1. The Morgan fingerprint density at radius 2 is 1.76 bits per heavy atom. The minimum atomic E-state index is -0.787. The molecular formula is C24H23FN4O4. The molecule has 9 heteroatoms. The molecule has 2 aromatic rings. The minimum Gasteiger partial charge on any atom is -0.466 e. The van der Waals surface area contributed by atoms with E-state index in [1.807, 2.05) is 31.2 Å². The normalized spacial score (nSPS) is 17.4. The summed E-state index contributed by atoms with van der Waals surface area (Å²) in [5, 5.41) is 5.63. The lowest BCUT2D eigenvalue weighted by Gasteiger charge is -2.35. The second-order valence-corrected chi connectivity index (χ2v) is 7.49. The highest BCUT2D eigenvalue weighted by Crippen LogP contribution is 2.40. The van der Waals surface area contributed by atoms with Crippen molar-refractivity contribution in [1.82, 2.24) is 4.90 Å². The van der Waals surface area contributed by atoms with Gasteiger partial charge in [-0.05, 0) is 38.5 Å². The van der Waals surface area contributed by atoms with Crippen molar-refractivity contribution in [2.24, 2.45) is 10.1 Å². The topological polar surface area (TPSA) is 83.8 Å². The number of fused-ring (bicyclic) bond motifs is 1. The van der Waals surface area contributed by atoms with E-state index in [2.05, 4.69) is 10.1 Å². The summed E-state index contributed by atoms with van der Waals surface area (Å²) in [4.78, 5) is 31.8. The number of amidine groups is 1. The summed E-state index contributed by atoms with van der Waals surface area (Å²) in [7, 11) is 1.28. The summed E-state index contributed by atoms with van der Waals surface area (Å²) >= 11 is 0. The number of hydrogen-bond donors (Lipinski definition) is 0. The number of hydrazone groups is 1. The van der Waals surface area contributed by atoms with E-state index in [1.54, 1.807) is 26.0 Å². The first kappa shape index (κ1) is 22.2. The minimum absolute atomic E-state index is 0.109. The fraction of sp³-hybridized carbons (Fsp3) is 0.250. The summed E-state index contributed by atoms with van der Waals surface area (Å²) in [5.74, 6) is -1.78. The Morgan fingerprint density at radius 1 is 1.06 bits per heavy atom. The average Bonchev–Trinajstić information content (AvgIpc) is 3.17. The fourth-order valence-corrected chi connectivity index (χ4v) is 3.81. The van der Waals surface area contributed by atoms with Gasteiger partial charge in [-0.1, -0.05) is 42.0 Å². The van der Waals surface area contributed by atoms with E-state index in [9.17, 15) is 14.0 Å². The van der Waals surface area contributed by atoms with Crippen molar-refractivity contribution >= 4 is 29.4 Å². The van der Waals surface area contributed by atoms with Gasteiger partial charge in [0.05, 0.1) is 31.0 Å². The average molecular weight is 450 g/mol. The smallest absolute Gasteiger partial charge is 0.376 e. The number of carbonyl (C=O) groups excluding carboxylic acids is 2. The van der Waals surface area contributed by atoms with Gasteiger partial charge in [-0.15, -0.1) is 5.10 Å². The van der Waals surface area contributed by atoms with E-state index in [4.69, 9.17) is 9.47 Å². The van der Waals surface area contributed by atoms with Crippen LogP contribution in [0.2, 0.25) is 0 Å². The predicted octanol–water partition coefficient (Wildman–Crippen LogP) is 3.69. The Labute approximate surface area is 190 Å². The Bertz CT molecular complexity index is 1200. The van der Waals surface area contributed by atoms with Crippen LogP contribution >= 0.6 is 0 Å². The monoisotopic (exact) mass is 450 g/mol. The van der Waals surface area contributed by atoms with E-state index < -0.39 is 23.8 Å². The highest BCUT2D eigenvalue weighted by molar-refractivity contribution is 6.41. The Hall–Kier alpha value is -4.01. The van der Waals surface area contributed by atoms with E-state index >= 15 is 0 Å². The molecule has 2 aromatic carbocycles. The number of methoxy groups -OCH3 is 1. The molecule has 33 heavy (non-hydrogen) atoms. The molecule has 4 rings (SSSR count). The summed E-state index contributed by atoms with van der Waals surface area (Å²) in [6.07, 6.45) is 0. The van der Waals surface area contributed by atoms with Gasteiger partial charge >= 0.3 is 11.9 Å². The quantitative estimate of drug-likeness (QED) is 0.646. The number of anilines is 1. The molecular weight excluding hydrogens is 427 g/mol. The number of allylic oxidation sites excluding steroid dienone is 1. The molecule has 0 saturated heterocycles. The first-order valence-corrected chi connectivity index (χ1v) is 10.4. The lowest BCUT2D eigenvalue weighted by Crippen LogP contribution is -2.47. The molecule has 0 bridgehead atoms. The van der Waals surface area contributed by atoms with Gasteiger partial charge in [0.15, 0.2) is 0 Å². The molecule has 0 fully saturated rings. The molecule has 0 unspecified atom stereocenters. The highest BCUT2D eigenvalue weighted by Gasteiger charge is 2.47. The van der Waals surface area contributed by atoms with Crippen molar-refractivity contribution in [3.63, 3.8) is 0 Å². The van der Waals surface area contributed by atoms with Crippen molar-refractivity contribution in [3.8, 4) is 0 Å². The van der Waals surface area contributed by atoms with E-state index in [0.717, 1.165) is 5.56 Å². The maximum atomic E-state index is 14.7. The van der Waals surface area contributed by atoms with Crippen LogP contribution in [0.4, 0.5) is 10.1 Å². The van der Waals surface area contributed by atoms with Gasteiger partial charge in [0.2, 0.25) is 11.8 Å². The maximum Gasteiger partial charge on any atom is 0.376 e. The molecule has 8 nitrogen and oxygen atoms in total. The van der Waals surface area contributed by atoms with Crippen molar-refractivity contribution in [2.45, 2.75) is 26.8 Å². The van der Waals surface area contributed by atoms with Gasteiger partial charge in [0.25, 0.3) is 0 Å². The number of carbonyl (C=O) groups is 2. The van der Waals surface area contributed by atoms with Gasteiger partial charge in [-0.25, -0.2) is 19.0 Å². The first-order chi connectivity index (χ1) is 15.9. The van der Waals surface area contributed by atoms with Crippen LogP contribution in [0.3, 0.4) is 0 Å². The van der Waals surface area contributed by atoms with E-state index in [1.165, 1.54) is 29.2 Å². The zero-order valence-corrected chi connectivity index (χ0v) is 18.7. The van der Waals surface area contributed by atoms with Gasteiger partial charge in [0, 0.05) is 0 Å². The summed E-state index contributed by atoms with van der Waals surface area (Å²) < 4.78 is 25.0. The van der Waals surface area contributed by atoms with E-state index in [-0.39, 0.29) is 29.7 Å². The second kappa shape index (κ2) is 8.85. The first-order valence-electron chi connectivity index (χ1n) is 10.4. The maximum absolute atomic E-state index is 14.7. The van der Waals surface area contributed by atoms with Crippen LogP contribution in [0, 0.1) is 12.7 Å². The molecule has 2 heterocycles. The predicted molar refractivity (Wildman–Crippen MR) is 121 cm³/mol. The molecule has 0 radical (unpaired) electrons. The molecule has 0 spiro atoms. The number of aryl methyl sites for hydroxylation is 1. The number of halogens is 1. The van der Waals surface area contributed by atoms with Crippen molar-refractivity contribution in [3.05, 3.63) is 76.7 Å². The largest absolute Gasteiger partial charge is 0.466 e. The number of para-hydroxylation sites is 1. The third-order valence-corrected chi connectivity index (χ3v) is 5.35. The number of rotatable bonds is 5. The Morgan fingerprint density at radius 3 is 2.39 bits per heavy atom. The van der Waals surface area contributed by atoms with Crippen LogP contribution in [-0.4, -0.2) is 42.4 Å². The molecule has 2 aliphatic rings.